The van der Waals surface area contributed by atoms with Gasteiger partial charge in [-0.1, -0.05) is 24.3 Å². The van der Waals surface area contributed by atoms with Crippen molar-refractivity contribution in [1.82, 2.24) is 0 Å². The van der Waals surface area contributed by atoms with Crippen LogP contribution in [0.3, 0.4) is 0 Å². The Balaban J connectivity index is 1.51. The Morgan fingerprint density at radius 1 is 0.711 bits per heavy atom. The van der Waals surface area contributed by atoms with E-state index in [4.69, 9.17) is 28.4 Å². The number of ether oxygens (including phenoxy) is 6. The number of esters is 2. The van der Waals surface area contributed by atoms with Crippen LogP contribution in [-0.4, -0.2) is 39.4 Å². The largest absolute Gasteiger partial charge is 0.493 e. The molecule has 0 spiro atoms. The van der Waals surface area contributed by atoms with Crippen molar-refractivity contribution in [1.29, 1.82) is 0 Å². The molecule has 0 N–H and O–H groups in total. The fourth-order valence-electron chi connectivity index (χ4n) is 4.72. The quantitative estimate of drug-likeness (QED) is 0.254. The predicted octanol–water partition coefficient (Wildman–Crippen LogP) is 5.52. The minimum absolute atomic E-state index is 0.129. The molecule has 2 aliphatic rings. The van der Waals surface area contributed by atoms with Crippen LogP contribution in [0, 0.1) is 11.8 Å². The second-order valence-corrected chi connectivity index (χ2v) is 9.38. The number of methoxy groups -OCH3 is 2. The molecule has 0 aromatic heterocycles. The van der Waals surface area contributed by atoms with Gasteiger partial charge in [-0.3, -0.25) is 0 Å². The number of fused-ring (bicyclic) bond motifs is 1. The van der Waals surface area contributed by atoms with Crippen LogP contribution in [0.5, 0.6) is 23.0 Å². The molecule has 2 aromatic carbocycles. The van der Waals surface area contributed by atoms with Crippen LogP contribution in [-0.2, 0) is 19.1 Å². The fourth-order valence-corrected chi connectivity index (χ4v) is 4.72. The van der Waals surface area contributed by atoms with E-state index >= 15 is 0 Å². The molecule has 0 saturated carbocycles. The molecule has 2 aromatic rings. The van der Waals surface area contributed by atoms with Crippen LogP contribution in [0.15, 0.2) is 59.7 Å². The van der Waals surface area contributed by atoms with Gasteiger partial charge in [0.1, 0.15) is 0 Å². The van der Waals surface area contributed by atoms with E-state index in [9.17, 15) is 9.59 Å². The smallest absolute Gasteiger partial charge is 0.338 e. The van der Waals surface area contributed by atoms with Crippen LogP contribution < -0.4 is 18.9 Å². The minimum Gasteiger partial charge on any atom is -0.493 e. The molecular formula is C30H34O8. The molecule has 8 heteroatoms. The van der Waals surface area contributed by atoms with Crippen molar-refractivity contribution in [3.8, 4) is 23.0 Å². The van der Waals surface area contributed by atoms with Crippen LogP contribution in [0.1, 0.15) is 51.0 Å². The molecule has 202 valence electrons. The van der Waals surface area contributed by atoms with Gasteiger partial charge in [0.25, 0.3) is 0 Å². The third-order valence-corrected chi connectivity index (χ3v) is 7.21. The lowest BCUT2D eigenvalue weighted by Gasteiger charge is -2.19. The van der Waals surface area contributed by atoms with E-state index in [-0.39, 0.29) is 24.0 Å². The molecule has 0 radical (unpaired) electrons. The first kappa shape index (κ1) is 27.4. The first-order valence-corrected chi connectivity index (χ1v) is 12.6. The molecule has 4 rings (SSSR count). The van der Waals surface area contributed by atoms with Gasteiger partial charge in [-0.05, 0) is 63.1 Å². The highest BCUT2D eigenvalue weighted by Gasteiger charge is 2.48. The SMILES string of the molecule is CC=C(C)C(=O)Oc1ccc([C@H]2OC[C@H]3[C@@H]2CO[C@@H]3c2ccc(OC(=O)C(C)=CC)c(OC)c2)cc1OC. The van der Waals surface area contributed by atoms with Crippen molar-refractivity contribution in [2.45, 2.75) is 39.9 Å². The Morgan fingerprint density at radius 2 is 1.11 bits per heavy atom. The van der Waals surface area contributed by atoms with Crippen molar-refractivity contribution in [2.75, 3.05) is 27.4 Å². The number of rotatable bonds is 8. The van der Waals surface area contributed by atoms with Gasteiger partial charge in [0, 0.05) is 23.0 Å². The fraction of sp³-hybridized carbons (Fsp3) is 0.400. The third-order valence-electron chi connectivity index (χ3n) is 7.21. The Kier molecular flexibility index (Phi) is 8.54. The van der Waals surface area contributed by atoms with Gasteiger partial charge in [-0.15, -0.1) is 0 Å². The summed E-state index contributed by atoms with van der Waals surface area (Å²) < 4.78 is 34.5. The van der Waals surface area contributed by atoms with Gasteiger partial charge in [-0.2, -0.15) is 0 Å². The highest BCUT2D eigenvalue weighted by Crippen LogP contribution is 2.51. The minimum atomic E-state index is -0.420. The average Bonchev–Trinajstić information content (AvgIpc) is 3.55. The van der Waals surface area contributed by atoms with Gasteiger partial charge in [-0.25, -0.2) is 9.59 Å². The summed E-state index contributed by atoms with van der Waals surface area (Å²) in [7, 11) is 3.08. The summed E-state index contributed by atoms with van der Waals surface area (Å²) in [5, 5.41) is 0. The van der Waals surface area contributed by atoms with Crippen LogP contribution >= 0.6 is 0 Å². The van der Waals surface area contributed by atoms with Crippen molar-refractivity contribution in [3.05, 3.63) is 70.8 Å². The van der Waals surface area contributed by atoms with Crippen molar-refractivity contribution in [2.24, 2.45) is 11.8 Å². The second-order valence-electron chi connectivity index (χ2n) is 9.38. The van der Waals surface area contributed by atoms with E-state index in [2.05, 4.69) is 0 Å². The summed E-state index contributed by atoms with van der Waals surface area (Å²) >= 11 is 0. The normalized spacial score (nSPS) is 23.1. The van der Waals surface area contributed by atoms with Crippen LogP contribution in [0.25, 0.3) is 0 Å². The van der Waals surface area contributed by atoms with Crippen LogP contribution in [0.2, 0.25) is 0 Å². The van der Waals surface area contributed by atoms with Crippen molar-refractivity contribution < 1.29 is 38.0 Å². The summed E-state index contributed by atoms with van der Waals surface area (Å²) in [4.78, 5) is 24.4. The lowest BCUT2D eigenvalue weighted by Crippen LogP contribution is -2.15. The number of allylic oxidation sites excluding steroid dienone is 2. The molecule has 0 aliphatic carbocycles. The number of hydrogen-bond donors (Lipinski definition) is 0. The summed E-state index contributed by atoms with van der Waals surface area (Å²) in [6, 6.07) is 11.0. The van der Waals surface area contributed by atoms with E-state index < -0.39 is 11.9 Å². The lowest BCUT2D eigenvalue weighted by molar-refractivity contribution is -0.131. The van der Waals surface area contributed by atoms with Crippen molar-refractivity contribution >= 4 is 11.9 Å². The molecular weight excluding hydrogens is 488 g/mol. The van der Waals surface area contributed by atoms with E-state index in [1.165, 1.54) is 0 Å². The summed E-state index contributed by atoms with van der Waals surface area (Å²) in [5.74, 6) is 1.06. The zero-order chi connectivity index (χ0) is 27.4. The molecule has 0 amide bonds. The van der Waals surface area contributed by atoms with E-state index in [0.717, 1.165) is 11.1 Å². The van der Waals surface area contributed by atoms with Gasteiger partial charge in [0.15, 0.2) is 23.0 Å². The lowest BCUT2D eigenvalue weighted by atomic mass is 9.85. The maximum Gasteiger partial charge on any atom is 0.338 e. The molecule has 2 aliphatic heterocycles. The molecule has 8 nitrogen and oxygen atoms in total. The molecule has 2 fully saturated rings. The topological polar surface area (TPSA) is 89.5 Å². The van der Waals surface area contributed by atoms with Gasteiger partial charge >= 0.3 is 11.9 Å². The van der Waals surface area contributed by atoms with E-state index in [0.29, 0.717) is 47.4 Å². The zero-order valence-corrected chi connectivity index (χ0v) is 22.6. The van der Waals surface area contributed by atoms with Crippen LogP contribution in [0.4, 0.5) is 0 Å². The molecule has 38 heavy (non-hydrogen) atoms. The summed E-state index contributed by atoms with van der Waals surface area (Å²) in [6.07, 6.45) is 3.03. The maximum atomic E-state index is 12.2. The Bertz CT molecular complexity index is 1160. The van der Waals surface area contributed by atoms with Gasteiger partial charge < -0.3 is 28.4 Å². The number of carbonyl (C=O) groups is 2. The molecule has 4 atom stereocenters. The summed E-state index contributed by atoms with van der Waals surface area (Å²) in [6.45, 7) is 8.02. The van der Waals surface area contributed by atoms with E-state index in [1.54, 1.807) is 66.2 Å². The molecule has 2 saturated heterocycles. The first-order chi connectivity index (χ1) is 18.3. The molecule has 0 unspecified atom stereocenters. The van der Waals surface area contributed by atoms with E-state index in [1.807, 2.05) is 24.3 Å². The number of benzene rings is 2. The Labute approximate surface area is 223 Å². The molecule has 2 heterocycles. The third kappa shape index (κ3) is 5.47. The summed E-state index contributed by atoms with van der Waals surface area (Å²) in [5.41, 5.74) is 2.90. The van der Waals surface area contributed by atoms with Gasteiger partial charge in [0.05, 0.1) is 39.6 Å². The standard InChI is InChI=1S/C30H34O8/c1-7-17(3)29(31)37-23-11-9-19(13-25(23)33-5)27-21-15-36-28(22(21)16-35-27)20-10-12-24(26(14-20)34-6)38-30(32)18(4)8-2/h7-14,21-22,27-28H,15-16H2,1-6H3/t21-,22-,27+,28+/m0/s1. The number of hydrogen-bond acceptors (Lipinski definition) is 8. The first-order valence-electron chi connectivity index (χ1n) is 12.6. The zero-order valence-electron chi connectivity index (χ0n) is 22.6. The van der Waals surface area contributed by atoms with Gasteiger partial charge in [0.2, 0.25) is 0 Å². The maximum absolute atomic E-state index is 12.2. The Morgan fingerprint density at radius 3 is 1.45 bits per heavy atom. The highest BCUT2D eigenvalue weighted by molar-refractivity contribution is 5.90. The predicted molar refractivity (Wildman–Crippen MR) is 140 cm³/mol. The Hall–Kier alpha value is -3.62. The monoisotopic (exact) mass is 522 g/mol. The van der Waals surface area contributed by atoms with Crippen molar-refractivity contribution in [3.63, 3.8) is 0 Å². The second kappa shape index (κ2) is 11.8. The average molecular weight is 523 g/mol. The number of carbonyl (C=O) groups excluding carboxylic acids is 2. The highest BCUT2D eigenvalue weighted by atomic mass is 16.6. The molecule has 0 bridgehead atoms.